The molecule has 0 aliphatic carbocycles. The van der Waals surface area contributed by atoms with Crippen LogP contribution in [0.25, 0.3) is 0 Å². The Balaban J connectivity index is 2.05. The van der Waals surface area contributed by atoms with Crippen molar-refractivity contribution >= 4 is 0 Å². The number of nitrogens with zero attached hydrogens (tertiary/aromatic N) is 1. The molecule has 5 nitrogen and oxygen atoms in total. The molecular formula is C15H24N2O3. The van der Waals surface area contributed by atoms with Crippen molar-refractivity contribution < 1.29 is 14.6 Å². The second kappa shape index (κ2) is 6.92. The molecule has 0 fully saturated rings. The molecule has 1 aliphatic heterocycles. The van der Waals surface area contributed by atoms with Gasteiger partial charge in [-0.25, -0.2) is 0 Å². The molecule has 1 unspecified atom stereocenters. The van der Waals surface area contributed by atoms with Gasteiger partial charge in [-0.3, -0.25) is 4.90 Å². The van der Waals surface area contributed by atoms with E-state index >= 15 is 0 Å². The van der Waals surface area contributed by atoms with Crippen molar-refractivity contribution in [3.8, 4) is 11.5 Å². The number of aliphatic hydroxyl groups is 1. The zero-order valence-corrected chi connectivity index (χ0v) is 12.3. The van der Waals surface area contributed by atoms with E-state index in [-0.39, 0.29) is 12.6 Å². The Bertz CT molecular complexity index is 451. The SMILES string of the molecule is COc1cc2c(cc1OC)CN(CCC(N)CO)CC2. The molecule has 1 aromatic rings. The highest BCUT2D eigenvalue weighted by atomic mass is 16.5. The van der Waals surface area contributed by atoms with Crippen molar-refractivity contribution in [2.75, 3.05) is 33.9 Å². The lowest BCUT2D eigenvalue weighted by Crippen LogP contribution is -2.35. The summed E-state index contributed by atoms with van der Waals surface area (Å²) in [6.07, 6.45) is 1.82. The van der Waals surface area contributed by atoms with Gasteiger partial charge in [0, 0.05) is 25.7 Å². The highest BCUT2D eigenvalue weighted by Gasteiger charge is 2.19. The second-order valence-electron chi connectivity index (χ2n) is 5.23. The first kappa shape index (κ1) is 15.1. The number of aliphatic hydroxyl groups excluding tert-OH is 1. The van der Waals surface area contributed by atoms with Crippen molar-refractivity contribution in [3.05, 3.63) is 23.3 Å². The van der Waals surface area contributed by atoms with Crippen LogP contribution in [-0.4, -0.2) is 50.0 Å². The Morgan fingerprint density at radius 2 is 1.90 bits per heavy atom. The van der Waals surface area contributed by atoms with E-state index in [9.17, 15) is 0 Å². The lowest BCUT2D eigenvalue weighted by molar-refractivity contribution is 0.213. The smallest absolute Gasteiger partial charge is 0.161 e. The molecule has 1 atom stereocenters. The molecule has 5 heteroatoms. The van der Waals surface area contributed by atoms with Crippen LogP contribution >= 0.6 is 0 Å². The van der Waals surface area contributed by atoms with Gasteiger partial charge < -0.3 is 20.3 Å². The van der Waals surface area contributed by atoms with Gasteiger partial charge in [0.05, 0.1) is 20.8 Å². The molecule has 1 aromatic carbocycles. The first-order valence-electron chi connectivity index (χ1n) is 7.00. The maximum absolute atomic E-state index is 8.97. The average molecular weight is 280 g/mol. The molecule has 3 N–H and O–H groups in total. The molecule has 2 rings (SSSR count). The largest absolute Gasteiger partial charge is 0.493 e. The summed E-state index contributed by atoms with van der Waals surface area (Å²) in [5.74, 6) is 1.57. The predicted molar refractivity (Wildman–Crippen MR) is 78.2 cm³/mol. The molecule has 1 heterocycles. The fourth-order valence-corrected chi connectivity index (χ4v) is 2.57. The van der Waals surface area contributed by atoms with Gasteiger partial charge >= 0.3 is 0 Å². The van der Waals surface area contributed by atoms with E-state index in [1.54, 1.807) is 14.2 Å². The van der Waals surface area contributed by atoms with Crippen LogP contribution in [0.15, 0.2) is 12.1 Å². The van der Waals surface area contributed by atoms with Crippen molar-refractivity contribution in [2.24, 2.45) is 5.73 Å². The van der Waals surface area contributed by atoms with E-state index in [0.717, 1.165) is 44.0 Å². The zero-order valence-electron chi connectivity index (χ0n) is 12.3. The van der Waals surface area contributed by atoms with Crippen molar-refractivity contribution in [3.63, 3.8) is 0 Å². The van der Waals surface area contributed by atoms with Gasteiger partial charge in [-0.1, -0.05) is 0 Å². The van der Waals surface area contributed by atoms with Crippen molar-refractivity contribution in [1.29, 1.82) is 0 Å². The Labute approximate surface area is 120 Å². The molecule has 0 aromatic heterocycles. The second-order valence-corrected chi connectivity index (χ2v) is 5.23. The normalized spacial score (nSPS) is 16.6. The highest BCUT2D eigenvalue weighted by molar-refractivity contribution is 5.48. The van der Waals surface area contributed by atoms with Crippen LogP contribution in [0.5, 0.6) is 11.5 Å². The summed E-state index contributed by atoms with van der Waals surface area (Å²) in [5, 5.41) is 8.97. The molecule has 0 saturated heterocycles. The minimum absolute atomic E-state index is 0.0510. The van der Waals surface area contributed by atoms with E-state index < -0.39 is 0 Å². The van der Waals surface area contributed by atoms with Gasteiger partial charge in [0.15, 0.2) is 11.5 Å². The standard InChI is InChI=1S/C15H24N2O3/c1-19-14-7-11-3-5-17(6-4-13(16)10-18)9-12(11)8-15(14)20-2/h7-8,13,18H,3-6,9-10,16H2,1-2H3. The van der Waals surface area contributed by atoms with Crippen LogP contribution in [0.3, 0.4) is 0 Å². The minimum Gasteiger partial charge on any atom is -0.493 e. The first-order valence-corrected chi connectivity index (χ1v) is 7.00. The number of rotatable bonds is 6. The molecule has 0 amide bonds. The number of ether oxygens (including phenoxy) is 2. The Morgan fingerprint density at radius 1 is 1.25 bits per heavy atom. The summed E-state index contributed by atoms with van der Waals surface area (Å²) in [7, 11) is 3.32. The number of benzene rings is 1. The highest BCUT2D eigenvalue weighted by Crippen LogP contribution is 2.33. The van der Waals surface area contributed by atoms with E-state index in [4.69, 9.17) is 20.3 Å². The fraction of sp³-hybridized carbons (Fsp3) is 0.600. The third kappa shape index (κ3) is 3.42. The van der Waals surface area contributed by atoms with E-state index in [2.05, 4.69) is 17.0 Å². The van der Waals surface area contributed by atoms with E-state index in [1.807, 2.05) is 0 Å². The summed E-state index contributed by atoms with van der Waals surface area (Å²) in [5.41, 5.74) is 8.36. The number of hydrogen-bond donors (Lipinski definition) is 2. The van der Waals surface area contributed by atoms with Crippen LogP contribution in [0.1, 0.15) is 17.5 Å². The molecule has 0 spiro atoms. The number of hydrogen-bond acceptors (Lipinski definition) is 5. The van der Waals surface area contributed by atoms with Crippen LogP contribution in [0, 0.1) is 0 Å². The number of fused-ring (bicyclic) bond motifs is 1. The monoisotopic (exact) mass is 280 g/mol. The van der Waals surface area contributed by atoms with Crippen molar-refractivity contribution in [1.82, 2.24) is 4.90 Å². The number of methoxy groups -OCH3 is 2. The lowest BCUT2D eigenvalue weighted by atomic mass is 9.98. The van der Waals surface area contributed by atoms with Crippen LogP contribution < -0.4 is 15.2 Å². The maximum atomic E-state index is 8.97. The summed E-state index contributed by atoms with van der Waals surface area (Å²) >= 11 is 0. The summed E-state index contributed by atoms with van der Waals surface area (Å²) in [6.45, 7) is 2.87. The Hall–Kier alpha value is -1.30. The minimum atomic E-state index is -0.123. The molecule has 20 heavy (non-hydrogen) atoms. The quantitative estimate of drug-likeness (QED) is 0.805. The Kier molecular flexibility index (Phi) is 5.23. The maximum Gasteiger partial charge on any atom is 0.161 e. The Morgan fingerprint density at radius 3 is 2.50 bits per heavy atom. The molecule has 0 radical (unpaired) electrons. The van der Waals surface area contributed by atoms with Gasteiger partial charge in [-0.05, 0) is 36.1 Å². The van der Waals surface area contributed by atoms with E-state index in [1.165, 1.54) is 11.1 Å². The average Bonchev–Trinajstić information content (AvgIpc) is 2.50. The van der Waals surface area contributed by atoms with Crippen LogP contribution in [0.4, 0.5) is 0 Å². The lowest BCUT2D eigenvalue weighted by Gasteiger charge is -2.30. The van der Waals surface area contributed by atoms with Crippen LogP contribution in [-0.2, 0) is 13.0 Å². The molecular weight excluding hydrogens is 256 g/mol. The zero-order chi connectivity index (χ0) is 14.5. The first-order chi connectivity index (χ1) is 9.67. The van der Waals surface area contributed by atoms with Gasteiger partial charge in [-0.15, -0.1) is 0 Å². The van der Waals surface area contributed by atoms with Crippen LogP contribution in [0.2, 0.25) is 0 Å². The fourth-order valence-electron chi connectivity index (χ4n) is 2.57. The van der Waals surface area contributed by atoms with Gasteiger partial charge in [0.25, 0.3) is 0 Å². The number of nitrogens with two attached hydrogens (primary N) is 1. The third-order valence-corrected chi connectivity index (χ3v) is 3.85. The molecule has 1 aliphatic rings. The van der Waals surface area contributed by atoms with Crippen molar-refractivity contribution in [2.45, 2.75) is 25.4 Å². The summed E-state index contributed by atoms with van der Waals surface area (Å²) in [6, 6.07) is 4.01. The summed E-state index contributed by atoms with van der Waals surface area (Å²) in [4.78, 5) is 2.36. The van der Waals surface area contributed by atoms with Gasteiger partial charge in [-0.2, -0.15) is 0 Å². The molecule has 112 valence electrons. The third-order valence-electron chi connectivity index (χ3n) is 3.85. The summed E-state index contributed by atoms with van der Waals surface area (Å²) < 4.78 is 10.7. The van der Waals surface area contributed by atoms with E-state index in [0.29, 0.717) is 0 Å². The molecule has 0 bridgehead atoms. The predicted octanol–water partition coefficient (Wildman–Crippen LogP) is 0.772. The van der Waals surface area contributed by atoms with Gasteiger partial charge in [0.2, 0.25) is 0 Å². The van der Waals surface area contributed by atoms with Gasteiger partial charge in [0.1, 0.15) is 0 Å². The topological polar surface area (TPSA) is 68.0 Å². The molecule has 0 saturated carbocycles.